The van der Waals surface area contributed by atoms with Crippen LogP contribution in [0.15, 0.2) is 42.5 Å². The molecule has 0 radical (unpaired) electrons. The number of hydrogen-bond donors (Lipinski definition) is 1. The average Bonchev–Trinajstić information content (AvgIpc) is 3.32. The highest BCUT2D eigenvalue weighted by Gasteiger charge is 2.57. The van der Waals surface area contributed by atoms with E-state index in [0.29, 0.717) is 38.0 Å². The zero-order valence-electron chi connectivity index (χ0n) is 20.8. The van der Waals surface area contributed by atoms with Gasteiger partial charge in [-0.05, 0) is 61.7 Å². The quantitative estimate of drug-likeness (QED) is 0.596. The van der Waals surface area contributed by atoms with Crippen LogP contribution in [0.3, 0.4) is 0 Å². The summed E-state index contributed by atoms with van der Waals surface area (Å²) in [6.45, 7) is 4.77. The van der Waals surface area contributed by atoms with Crippen molar-refractivity contribution in [2.75, 3.05) is 32.7 Å². The summed E-state index contributed by atoms with van der Waals surface area (Å²) in [6.07, 6.45) is 0.172. The van der Waals surface area contributed by atoms with Gasteiger partial charge in [-0.25, -0.2) is 13.6 Å². The highest BCUT2D eigenvalue weighted by molar-refractivity contribution is 6.30. The first kappa shape index (κ1) is 27.0. The van der Waals surface area contributed by atoms with Crippen LogP contribution in [-0.4, -0.2) is 65.8 Å². The van der Waals surface area contributed by atoms with E-state index >= 15 is 0 Å². The van der Waals surface area contributed by atoms with Crippen molar-refractivity contribution in [1.29, 1.82) is 0 Å². The van der Waals surface area contributed by atoms with E-state index in [9.17, 15) is 23.2 Å². The van der Waals surface area contributed by atoms with Crippen molar-refractivity contribution in [1.82, 2.24) is 15.1 Å². The molecule has 1 N–H and O–H groups in total. The molecule has 2 heterocycles. The molecule has 0 bridgehead atoms. The summed E-state index contributed by atoms with van der Waals surface area (Å²) < 4.78 is 33.5. The zero-order valence-corrected chi connectivity index (χ0v) is 21.6. The SMILES string of the molecule is CCN(C(=O)Oc1ccc(F)cc1)[C@]1(C(=O)C2CCN(C(C)=O)CC2)CNC[C@H]1c1ccc(Cl)c(F)c1. The van der Waals surface area contributed by atoms with Crippen molar-refractivity contribution >= 4 is 29.4 Å². The van der Waals surface area contributed by atoms with Gasteiger partial charge in [-0.1, -0.05) is 17.7 Å². The van der Waals surface area contributed by atoms with Crippen LogP contribution in [0, 0.1) is 17.6 Å². The molecule has 10 heteroatoms. The fraction of sp³-hybridized carbons (Fsp3) is 0.444. The van der Waals surface area contributed by atoms with Gasteiger partial charge in [0, 0.05) is 51.5 Å². The van der Waals surface area contributed by atoms with Crippen molar-refractivity contribution < 1.29 is 27.9 Å². The summed E-state index contributed by atoms with van der Waals surface area (Å²) in [5.74, 6) is -2.11. The molecule has 2 aromatic rings. The molecule has 0 aliphatic carbocycles. The number of carbonyl (C=O) groups excluding carboxylic acids is 3. The fourth-order valence-corrected chi connectivity index (χ4v) is 5.66. The van der Waals surface area contributed by atoms with E-state index in [1.807, 2.05) is 0 Å². The number of carbonyl (C=O) groups is 3. The number of amides is 2. The molecule has 2 aliphatic rings. The van der Waals surface area contributed by atoms with E-state index < -0.39 is 35.1 Å². The van der Waals surface area contributed by atoms with Crippen molar-refractivity contribution in [3.05, 3.63) is 64.7 Å². The standard InChI is InChI=1S/C27H30ClF2N3O4/c1-3-33(26(36)37-21-7-5-20(29)6-8-21)27(25(35)18-10-12-32(13-11-18)17(2)34)16-31-15-22(27)19-4-9-23(28)24(30)14-19/h4-9,14,18,22,31H,3,10-13,15-16H2,1-2H3/t22-,27+/m0/s1. The number of likely N-dealkylation sites (N-methyl/N-ethyl adjacent to an activating group) is 1. The Morgan fingerprint density at radius 1 is 1.14 bits per heavy atom. The Bertz CT molecular complexity index is 1170. The lowest BCUT2D eigenvalue weighted by Crippen LogP contribution is -2.64. The van der Waals surface area contributed by atoms with E-state index in [1.54, 1.807) is 17.9 Å². The van der Waals surface area contributed by atoms with E-state index in [-0.39, 0.29) is 35.6 Å². The number of likely N-dealkylation sites (tertiary alicyclic amines) is 1. The number of nitrogens with one attached hydrogen (secondary N) is 1. The van der Waals surface area contributed by atoms with Crippen molar-refractivity contribution in [2.24, 2.45) is 5.92 Å². The molecule has 37 heavy (non-hydrogen) atoms. The number of benzene rings is 2. The van der Waals surface area contributed by atoms with Crippen LogP contribution in [0.2, 0.25) is 5.02 Å². The minimum Gasteiger partial charge on any atom is -0.410 e. The summed E-state index contributed by atoms with van der Waals surface area (Å²) in [7, 11) is 0. The van der Waals surface area contributed by atoms with Gasteiger partial charge in [0.15, 0.2) is 5.78 Å². The third-order valence-corrected chi connectivity index (χ3v) is 7.75. The van der Waals surface area contributed by atoms with Gasteiger partial charge in [0.2, 0.25) is 5.91 Å². The monoisotopic (exact) mass is 533 g/mol. The second-order valence-corrected chi connectivity index (χ2v) is 9.90. The Morgan fingerprint density at radius 3 is 2.41 bits per heavy atom. The minimum atomic E-state index is -1.37. The lowest BCUT2D eigenvalue weighted by atomic mass is 9.71. The predicted molar refractivity (Wildman–Crippen MR) is 135 cm³/mol. The smallest absolute Gasteiger partial charge is 0.410 e. The van der Waals surface area contributed by atoms with Gasteiger partial charge in [0.25, 0.3) is 0 Å². The first-order chi connectivity index (χ1) is 17.7. The maximum atomic E-state index is 14.5. The van der Waals surface area contributed by atoms with Crippen LogP contribution in [0.4, 0.5) is 13.6 Å². The molecule has 2 aromatic carbocycles. The third kappa shape index (κ3) is 5.33. The van der Waals surface area contributed by atoms with Gasteiger partial charge in [-0.3, -0.25) is 14.5 Å². The lowest BCUT2D eigenvalue weighted by molar-refractivity contribution is -0.138. The number of nitrogens with zero attached hydrogens (tertiary/aromatic N) is 2. The number of halogens is 3. The van der Waals surface area contributed by atoms with E-state index in [2.05, 4.69) is 5.32 Å². The van der Waals surface area contributed by atoms with Crippen LogP contribution in [0.25, 0.3) is 0 Å². The summed E-state index contributed by atoms with van der Waals surface area (Å²) in [4.78, 5) is 42.8. The Balaban J connectivity index is 1.73. The van der Waals surface area contributed by atoms with Crippen molar-refractivity contribution in [3.8, 4) is 5.75 Å². The Morgan fingerprint density at radius 2 is 1.81 bits per heavy atom. The van der Waals surface area contributed by atoms with Gasteiger partial charge in [-0.15, -0.1) is 0 Å². The summed E-state index contributed by atoms with van der Waals surface area (Å²) in [5.41, 5.74) is -0.829. The molecule has 2 amide bonds. The van der Waals surface area contributed by atoms with Gasteiger partial charge in [-0.2, -0.15) is 0 Å². The lowest BCUT2D eigenvalue weighted by Gasteiger charge is -2.45. The van der Waals surface area contributed by atoms with Gasteiger partial charge in [0.05, 0.1) is 5.02 Å². The second-order valence-electron chi connectivity index (χ2n) is 9.49. The molecular weight excluding hydrogens is 504 g/mol. The van der Waals surface area contributed by atoms with Crippen LogP contribution >= 0.6 is 11.6 Å². The number of hydrogen-bond acceptors (Lipinski definition) is 5. The van der Waals surface area contributed by atoms with Crippen LogP contribution < -0.4 is 10.1 Å². The van der Waals surface area contributed by atoms with Crippen molar-refractivity contribution in [2.45, 2.75) is 38.1 Å². The molecular formula is C27H30ClF2N3O4. The molecule has 198 valence electrons. The molecule has 0 saturated carbocycles. The Labute approximate surface area is 219 Å². The molecule has 7 nitrogen and oxygen atoms in total. The molecule has 2 saturated heterocycles. The molecule has 0 aromatic heterocycles. The first-order valence-electron chi connectivity index (χ1n) is 12.4. The molecule has 2 atom stereocenters. The van der Waals surface area contributed by atoms with E-state index in [4.69, 9.17) is 16.3 Å². The fourth-order valence-electron chi connectivity index (χ4n) is 5.54. The maximum Gasteiger partial charge on any atom is 0.416 e. The van der Waals surface area contributed by atoms with Crippen LogP contribution in [0.1, 0.15) is 38.2 Å². The summed E-state index contributed by atoms with van der Waals surface area (Å²) in [6, 6.07) is 9.45. The van der Waals surface area contributed by atoms with E-state index in [0.717, 1.165) is 0 Å². The summed E-state index contributed by atoms with van der Waals surface area (Å²) in [5, 5.41) is 3.21. The molecule has 0 unspecified atom stereocenters. The van der Waals surface area contributed by atoms with Crippen LogP contribution in [0.5, 0.6) is 5.75 Å². The number of ether oxygens (including phenoxy) is 1. The highest BCUT2D eigenvalue weighted by Crippen LogP contribution is 2.42. The summed E-state index contributed by atoms with van der Waals surface area (Å²) >= 11 is 5.92. The topological polar surface area (TPSA) is 79.0 Å². The molecule has 4 rings (SSSR count). The average molecular weight is 534 g/mol. The number of ketones is 1. The maximum absolute atomic E-state index is 14.5. The minimum absolute atomic E-state index is 0.0358. The Kier molecular flexibility index (Phi) is 8.14. The predicted octanol–water partition coefficient (Wildman–Crippen LogP) is 4.39. The Hall–Kier alpha value is -3.04. The largest absolute Gasteiger partial charge is 0.416 e. The number of rotatable bonds is 6. The highest BCUT2D eigenvalue weighted by atomic mass is 35.5. The van der Waals surface area contributed by atoms with Gasteiger partial charge < -0.3 is 15.0 Å². The second kappa shape index (κ2) is 11.1. The van der Waals surface area contributed by atoms with Gasteiger partial charge in [0.1, 0.15) is 22.9 Å². The molecule has 2 aliphatic heterocycles. The van der Waals surface area contributed by atoms with E-state index in [1.165, 1.54) is 48.2 Å². The van der Waals surface area contributed by atoms with Crippen molar-refractivity contribution in [3.63, 3.8) is 0 Å². The first-order valence-corrected chi connectivity index (χ1v) is 12.8. The molecule has 2 fully saturated rings. The zero-order chi connectivity index (χ0) is 26.7. The number of Topliss-reactive ketones (excluding diaryl/α,β-unsaturated/α-hetero) is 1. The third-order valence-electron chi connectivity index (χ3n) is 7.44. The van der Waals surface area contributed by atoms with Gasteiger partial charge >= 0.3 is 6.09 Å². The normalized spacial score (nSPS) is 22.1. The molecule has 0 spiro atoms. The van der Waals surface area contributed by atoms with Crippen LogP contribution in [-0.2, 0) is 9.59 Å². The number of piperidine rings is 1.